The minimum atomic E-state index is 0.276. The number of piperazine rings is 1. The van der Waals surface area contributed by atoms with Gasteiger partial charge in [-0.2, -0.15) is 0 Å². The molecular formula is C27H30N2O4. The Morgan fingerprint density at radius 3 is 2.39 bits per heavy atom. The molecule has 0 saturated carbocycles. The number of ether oxygens (including phenoxy) is 4. The highest BCUT2D eigenvalue weighted by molar-refractivity contribution is 5.51. The van der Waals surface area contributed by atoms with Crippen molar-refractivity contribution in [2.45, 2.75) is 13.0 Å². The molecule has 33 heavy (non-hydrogen) atoms. The fourth-order valence-electron chi connectivity index (χ4n) is 4.26. The average molecular weight is 447 g/mol. The van der Waals surface area contributed by atoms with Gasteiger partial charge < -0.3 is 23.8 Å². The number of hydrogen-bond donors (Lipinski definition) is 0. The predicted molar refractivity (Wildman–Crippen MR) is 129 cm³/mol. The topological polar surface area (TPSA) is 43.4 Å². The lowest BCUT2D eigenvalue weighted by molar-refractivity contribution is 0.173. The summed E-state index contributed by atoms with van der Waals surface area (Å²) in [4.78, 5) is 4.99. The quantitative estimate of drug-likeness (QED) is 0.512. The summed E-state index contributed by atoms with van der Waals surface area (Å²) in [5.74, 6) is 3.22. The molecule has 0 atom stereocenters. The average Bonchev–Trinajstić information content (AvgIpc) is 3.35. The van der Waals surface area contributed by atoms with Crippen LogP contribution < -0.4 is 23.8 Å². The lowest BCUT2D eigenvalue weighted by Gasteiger charge is -2.36. The van der Waals surface area contributed by atoms with Gasteiger partial charge in [0, 0.05) is 50.5 Å². The highest BCUT2D eigenvalue weighted by Gasteiger charge is 2.17. The second kappa shape index (κ2) is 10.0. The molecule has 2 heterocycles. The molecule has 0 unspecified atom stereocenters. The lowest BCUT2D eigenvalue weighted by Crippen LogP contribution is -2.47. The van der Waals surface area contributed by atoms with Gasteiger partial charge in [-0.1, -0.05) is 30.3 Å². The van der Waals surface area contributed by atoms with Crippen molar-refractivity contribution in [1.29, 1.82) is 0 Å². The van der Waals surface area contributed by atoms with Gasteiger partial charge >= 0.3 is 0 Å². The molecule has 0 bridgehead atoms. The van der Waals surface area contributed by atoms with E-state index >= 15 is 0 Å². The van der Waals surface area contributed by atoms with Crippen molar-refractivity contribution in [3.05, 3.63) is 77.9 Å². The van der Waals surface area contributed by atoms with E-state index in [2.05, 4.69) is 52.3 Å². The van der Waals surface area contributed by atoms with E-state index in [4.69, 9.17) is 18.9 Å². The van der Waals surface area contributed by atoms with E-state index < -0.39 is 0 Å². The number of methoxy groups -OCH3 is 1. The Kier molecular flexibility index (Phi) is 6.53. The van der Waals surface area contributed by atoms with Crippen molar-refractivity contribution < 1.29 is 18.9 Å². The van der Waals surface area contributed by atoms with Crippen LogP contribution in [0, 0.1) is 0 Å². The Balaban J connectivity index is 1.06. The van der Waals surface area contributed by atoms with E-state index in [0.29, 0.717) is 6.61 Å². The van der Waals surface area contributed by atoms with Crippen molar-refractivity contribution in [2.75, 3.05) is 51.5 Å². The van der Waals surface area contributed by atoms with Gasteiger partial charge in [-0.3, -0.25) is 4.90 Å². The van der Waals surface area contributed by atoms with Crippen LogP contribution in [0.5, 0.6) is 23.0 Å². The normalized spacial score (nSPS) is 15.5. The Bertz CT molecular complexity index is 1060. The smallest absolute Gasteiger partial charge is 0.231 e. The van der Waals surface area contributed by atoms with E-state index in [1.165, 1.54) is 11.3 Å². The number of fused-ring (bicyclic) bond motifs is 1. The van der Waals surface area contributed by atoms with Crippen LogP contribution >= 0.6 is 0 Å². The van der Waals surface area contributed by atoms with Gasteiger partial charge in [-0.05, 0) is 41.8 Å². The number of hydrogen-bond acceptors (Lipinski definition) is 6. The number of nitrogens with zero attached hydrogens (tertiary/aromatic N) is 2. The van der Waals surface area contributed by atoms with Gasteiger partial charge in [0.05, 0.1) is 7.11 Å². The van der Waals surface area contributed by atoms with Crippen LogP contribution in [0.15, 0.2) is 66.7 Å². The first-order valence-electron chi connectivity index (χ1n) is 11.5. The summed E-state index contributed by atoms with van der Waals surface area (Å²) >= 11 is 0. The van der Waals surface area contributed by atoms with Crippen LogP contribution in [0.1, 0.15) is 11.1 Å². The number of benzene rings is 3. The Morgan fingerprint density at radius 1 is 0.788 bits per heavy atom. The van der Waals surface area contributed by atoms with E-state index in [9.17, 15) is 0 Å². The summed E-state index contributed by atoms with van der Waals surface area (Å²) in [7, 11) is 1.72. The zero-order chi connectivity index (χ0) is 22.5. The predicted octanol–water partition coefficient (Wildman–Crippen LogP) is 4.37. The summed E-state index contributed by atoms with van der Waals surface area (Å²) in [6.45, 7) is 6.15. The molecule has 0 amide bonds. The van der Waals surface area contributed by atoms with Gasteiger partial charge in [-0.15, -0.1) is 0 Å². The summed E-state index contributed by atoms with van der Waals surface area (Å²) in [6.07, 6.45) is 1.06. The fraction of sp³-hybridized carbons (Fsp3) is 0.333. The van der Waals surface area contributed by atoms with E-state index in [-0.39, 0.29) is 6.79 Å². The molecule has 1 fully saturated rings. The maximum Gasteiger partial charge on any atom is 0.231 e. The highest BCUT2D eigenvalue weighted by Crippen LogP contribution is 2.35. The summed E-state index contributed by atoms with van der Waals surface area (Å²) in [6, 6.07) is 22.8. The third-order valence-corrected chi connectivity index (χ3v) is 6.28. The molecule has 0 radical (unpaired) electrons. The third-order valence-electron chi connectivity index (χ3n) is 6.28. The summed E-state index contributed by atoms with van der Waals surface area (Å²) in [5.41, 5.74) is 3.76. The maximum absolute atomic E-state index is 5.92. The van der Waals surface area contributed by atoms with Gasteiger partial charge in [-0.25, -0.2) is 0 Å². The van der Waals surface area contributed by atoms with Crippen molar-refractivity contribution >= 4 is 5.69 Å². The molecule has 2 aliphatic rings. The van der Waals surface area contributed by atoms with Crippen LogP contribution in [-0.2, 0) is 13.0 Å². The third kappa shape index (κ3) is 5.34. The first-order valence-corrected chi connectivity index (χ1v) is 11.5. The molecule has 6 heteroatoms. The maximum atomic E-state index is 5.92. The summed E-state index contributed by atoms with van der Waals surface area (Å²) < 4.78 is 22.0. The molecule has 172 valence electrons. The fourth-order valence-corrected chi connectivity index (χ4v) is 4.26. The molecule has 3 aromatic carbocycles. The first kappa shape index (κ1) is 21.5. The molecule has 1 saturated heterocycles. The number of anilines is 1. The van der Waals surface area contributed by atoms with Crippen molar-refractivity contribution in [1.82, 2.24) is 4.90 Å². The van der Waals surface area contributed by atoms with Crippen molar-refractivity contribution in [3.8, 4) is 23.0 Å². The SMILES string of the molecule is COc1cccc(N2CCN(CCc3ccc(COc4ccc5c(c4)OCO5)cc3)CC2)c1. The lowest BCUT2D eigenvalue weighted by atomic mass is 10.1. The molecule has 6 nitrogen and oxygen atoms in total. The van der Waals surface area contributed by atoms with Crippen molar-refractivity contribution in [2.24, 2.45) is 0 Å². The zero-order valence-electron chi connectivity index (χ0n) is 19.0. The molecule has 0 N–H and O–H groups in total. The van der Waals surface area contributed by atoms with Gasteiger partial charge in [0.25, 0.3) is 0 Å². The van der Waals surface area contributed by atoms with Crippen LogP contribution in [0.3, 0.4) is 0 Å². The number of rotatable bonds is 8. The Labute approximate surface area is 195 Å². The standard InChI is InChI=1S/C27H30N2O4/c1-30-24-4-2-3-23(17-24)29-15-13-28(14-16-29)12-11-21-5-7-22(8-6-21)19-31-25-9-10-26-27(18-25)33-20-32-26/h2-10,17-18H,11-16,19-20H2,1H3. The van der Waals surface area contributed by atoms with Crippen LogP contribution in [0.25, 0.3) is 0 Å². The second-order valence-corrected chi connectivity index (χ2v) is 8.40. The van der Waals surface area contributed by atoms with E-state index in [1.54, 1.807) is 7.11 Å². The minimum Gasteiger partial charge on any atom is -0.497 e. The molecule has 0 aliphatic carbocycles. The monoisotopic (exact) mass is 446 g/mol. The molecular weight excluding hydrogens is 416 g/mol. The molecule has 5 rings (SSSR count). The van der Waals surface area contributed by atoms with E-state index in [0.717, 1.165) is 67.7 Å². The zero-order valence-corrected chi connectivity index (χ0v) is 19.0. The van der Waals surface area contributed by atoms with Crippen LogP contribution in [0.4, 0.5) is 5.69 Å². The van der Waals surface area contributed by atoms with Gasteiger partial charge in [0.2, 0.25) is 6.79 Å². The Hall–Kier alpha value is -3.38. The minimum absolute atomic E-state index is 0.276. The Morgan fingerprint density at radius 2 is 1.58 bits per heavy atom. The first-order chi connectivity index (χ1) is 16.3. The molecule has 2 aliphatic heterocycles. The largest absolute Gasteiger partial charge is 0.497 e. The highest BCUT2D eigenvalue weighted by atomic mass is 16.7. The second-order valence-electron chi connectivity index (χ2n) is 8.40. The molecule has 0 spiro atoms. The van der Waals surface area contributed by atoms with E-state index in [1.807, 2.05) is 24.3 Å². The van der Waals surface area contributed by atoms with Crippen LogP contribution in [-0.4, -0.2) is 51.5 Å². The molecule has 0 aromatic heterocycles. The van der Waals surface area contributed by atoms with Gasteiger partial charge in [0.15, 0.2) is 11.5 Å². The summed E-state index contributed by atoms with van der Waals surface area (Å²) in [5, 5.41) is 0. The van der Waals surface area contributed by atoms with Gasteiger partial charge in [0.1, 0.15) is 18.1 Å². The van der Waals surface area contributed by atoms with Crippen LogP contribution in [0.2, 0.25) is 0 Å². The molecule has 3 aromatic rings. The van der Waals surface area contributed by atoms with Crippen molar-refractivity contribution in [3.63, 3.8) is 0 Å².